The van der Waals surface area contributed by atoms with E-state index in [1.54, 1.807) is 0 Å². The third-order valence-corrected chi connectivity index (χ3v) is 7.88. The van der Waals surface area contributed by atoms with Crippen LogP contribution in [0.25, 0.3) is 0 Å². The van der Waals surface area contributed by atoms with E-state index < -0.39 is 8.32 Å². The number of rotatable bonds is 3. The molecule has 0 atom stereocenters. The molecule has 0 unspecified atom stereocenters. The molecule has 18 heavy (non-hydrogen) atoms. The molecule has 0 radical (unpaired) electrons. The first-order valence-corrected chi connectivity index (χ1v) is 8.68. The van der Waals surface area contributed by atoms with Gasteiger partial charge >= 0.3 is 19.5 Å². The first-order chi connectivity index (χ1) is 7.22. The molecule has 0 aliphatic rings. The zero-order valence-electron chi connectivity index (χ0n) is 12.2. The second-order valence-electron chi connectivity index (χ2n) is 5.87. The van der Waals surface area contributed by atoms with Gasteiger partial charge in [-0.15, -0.1) is 6.07 Å². The van der Waals surface area contributed by atoms with E-state index in [0.29, 0.717) is 6.61 Å². The summed E-state index contributed by atoms with van der Waals surface area (Å²) in [6.07, 6.45) is 0. The molecule has 98 valence electrons. The fourth-order valence-corrected chi connectivity index (χ4v) is 2.16. The summed E-state index contributed by atoms with van der Waals surface area (Å²) in [5.74, 6) is 0. The molecule has 0 spiro atoms. The topological polar surface area (TPSA) is 9.23 Å². The Balaban J connectivity index is 0. The first-order valence-electron chi connectivity index (χ1n) is 5.77. The van der Waals surface area contributed by atoms with E-state index in [0.717, 1.165) is 5.56 Å². The standard InChI is InChI=1S/C14H23OSi.BrH.Zn/c1-12-8-7-9-13(10-12)11-15-16(5,6)14(2,3)4;;/h7-10H,1,11H2,2-6H3;1H;/q-1;;+2/p-1. The van der Waals surface area contributed by atoms with Crippen molar-refractivity contribution in [2.45, 2.75) is 45.5 Å². The summed E-state index contributed by atoms with van der Waals surface area (Å²) in [5, 5.41) is 0.273. The van der Waals surface area contributed by atoms with Crippen molar-refractivity contribution in [2.75, 3.05) is 0 Å². The van der Waals surface area contributed by atoms with Gasteiger partial charge in [-0.2, -0.15) is 24.6 Å². The van der Waals surface area contributed by atoms with Gasteiger partial charge in [0.15, 0.2) is 8.32 Å². The van der Waals surface area contributed by atoms with Gasteiger partial charge in [-0.25, -0.2) is 0 Å². The summed E-state index contributed by atoms with van der Waals surface area (Å²) in [6, 6.07) is 8.23. The summed E-state index contributed by atoms with van der Waals surface area (Å²) >= 11 is 0. The zero-order valence-corrected chi connectivity index (χ0v) is 17.8. The van der Waals surface area contributed by atoms with E-state index in [1.165, 1.54) is 5.56 Å². The van der Waals surface area contributed by atoms with E-state index in [1.807, 2.05) is 12.1 Å². The van der Waals surface area contributed by atoms with Crippen LogP contribution in [0.1, 0.15) is 31.9 Å². The van der Waals surface area contributed by atoms with Crippen molar-refractivity contribution in [1.82, 2.24) is 0 Å². The van der Waals surface area contributed by atoms with Crippen LogP contribution in [0.3, 0.4) is 0 Å². The van der Waals surface area contributed by atoms with Crippen LogP contribution in [-0.2, 0) is 30.5 Å². The molecule has 1 aromatic carbocycles. The molecule has 0 N–H and O–H groups in total. The molecule has 0 fully saturated rings. The predicted molar refractivity (Wildman–Crippen MR) is 72.9 cm³/mol. The van der Waals surface area contributed by atoms with Crippen LogP contribution in [0.15, 0.2) is 24.3 Å². The Morgan fingerprint density at radius 3 is 2.22 bits per heavy atom. The van der Waals surface area contributed by atoms with Gasteiger partial charge in [0.2, 0.25) is 0 Å². The van der Waals surface area contributed by atoms with Crippen molar-refractivity contribution in [3.63, 3.8) is 0 Å². The second-order valence-corrected chi connectivity index (χ2v) is 10.7. The quantitative estimate of drug-likeness (QED) is 0.569. The summed E-state index contributed by atoms with van der Waals surface area (Å²) < 4.78 is 6.15. The Morgan fingerprint density at radius 1 is 1.22 bits per heavy atom. The average Bonchev–Trinajstić information content (AvgIpc) is 2.13. The van der Waals surface area contributed by atoms with Crippen LogP contribution in [0.4, 0.5) is 0 Å². The fraction of sp³-hybridized carbons (Fsp3) is 0.500. The molecule has 4 heteroatoms. The minimum atomic E-state index is -1.63. The van der Waals surface area contributed by atoms with Gasteiger partial charge in [-0.3, -0.25) is 0 Å². The van der Waals surface area contributed by atoms with Crippen LogP contribution < -0.4 is 17.0 Å². The number of hydrogen-bond acceptors (Lipinski definition) is 1. The van der Waals surface area contributed by atoms with Crippen LogP contribution >= 0.6 is 0 Å². The third-order valence-electron chi connectivity index (χ3n) is 3.40. The number of benzene rings is 1. The van der Waals surface area contributed by atoms with Gasteiger partial charge in [0.25, 0.3) is 0 Å². The van der Waals surface area contributed by atoms with Crippen molar-refractivity contribution in [1.29, 1.82) is 0 Å². The molecule has 0 heterocycles. The van der Waals surface area contributed by atoms with Crippen molar-refractivity contribution < 1.29 is 40.9 Å². The first kappa shape index (κ1) is 20.7. The largest absolute Gasteiger partial charge is 2.00 e. The van der Waals surface area contributed by atoms with Gasteiger partial charge < -0.3 is 21.4 Å². The van der Waals surface area contributed by atoms with Crippen molar-refractivity contribution in [3.05, 3.63) is 42.3 Å². The summed E-state index contributed by atoms with van der Waals surface area (Å²) in [6.45, 7) is 16.0. The summed E-state index contributed by atoms with van der Waals surface area (Å²) in [7, 11) is -1.63. The molecule has 0 saturated heterocycles. The summed E-state index contributed by atoms with van der Waals surface area (Å²) in [4.78, 5) is 0. The second kappa shape index (κ2) is 7.84. The Morgan fingerprint density at radius 2 is 1.78 bits per heavy atom. The van der Waals surface area contributed by atoms with Gasteiger partial charge in [-0.05, 0) is 18.1 Å². The Labute approximate surface area is 136 Å². The number of halogens is 1. The minimum Gasteiger partial charge on any atom is -1.00 e. The molecule has 0 saturated carbocycles. The van der Waals surface area contributed by atoms with Crippen molar-refractivity contribution >= 4 is 8.32 Å². The average molecular weight is 381 g/mol. The molecule has 1 aromatic rings. The molecule has 0 amide bonds. The monoisotopic (exact) mass is 378 g/mol. The Hall–Kier alpha value is 0.370. The molecular formula is C14H23BrOSiZn. The molecule has 1 rings (SSSR count). The third kappa shape index (κ3) is 6.01. The zero-order chi connectivity index (χ0) is 12.4. The van der Waals surface area contributed by atoms with Gasteiger partial charge in [0.05, 0.1) is 0 Å². The molecule has 0 aliphatic heterocycles. The van der Waals surface area contributed by atoms with E-state index in [-0.39, 0.29) is 41.5 Å². The SMILES string of the molecule is [Br-].[CH2-]c1cccc(CO[Si](C)(C)C(C)(C)C)c1.[Zn+2]. The smallest absolute Gasteiger partial charge is 1.00 e. The maximum Gasteiger partial charge on any atom is 2.00 e. The van der Waals surface area contributed by atoms with E-state index in [4.69, 9.17) is 4.43 Å². The predicted octanol–water partition coefficient (Wildman–Crippen LogP) is 1.39. The Bertz CT molecular complexity index is 361. The summed E-state index contributed by atoms with van der Waals surface area (Å²) in [5.41, 5.74) is 2.27. The van der Waals surface area contributed by atoms with Crippen LogP contribution in [0.2, 0.25) is 18.1 Å². The molecule has 0 bridgehead atoms. The maximum absolute atomic E-state index is 6.15. The molecule has 0 aliphatic carbocycles. The van der Waals surface area contributed by atoms with E-state index in [9.17, 15) is 0 Å². The van der Waals surface area contributed by atoms with Crippen LogP contribution in [0, 0.1) is 6.92 Å². The molecular weight excluding hydrogens is 358 g/mol. The van der Waals surface area contributed by atoms with Gasteiger partial charge in [0, 0.05) is 6.61 Å². The minimum absolute atomic E-state index is 0. The normalized spacial score (nSPS) is 11.4. The van der Waals surface area contributed by atoms with Gasteiger partial charge in [-0.1, -0.05) is 32.4 Å². The fourth-order valence-electron chi connectivity index (χ4n) is 1.20. The van der Waals surface area contributed by atoms with Gasteiger partial charge in [0.1, 0.15) is 0 Å². The van der Waals surface area contributed by atoms with Crippen LogP contribution in [-0.4, -0.2) is 8.32 Å². The van der Waals surface area contributed by atoms with E-state index >= 15 is 0 Å². The Kier molecular flexibility index (Phi) is 9.01. The number of hydrogen-bond donors (Lipinski definition) is 0. The molecule has 1 nitrogen and oxygen atoms in total. The molecule has 0 aromatic heterocycles. The van der Waals surface area contributed by atoms with Crippen molar-refractivity contribution in [2.24, 2.45) is 0 Å². The maximum atomic E-state index is 6.15. The van der Waals surface area contributed by atoms with Crippen molar-refractivity contribution in [3.8, 4) is 0 Å². The van der Waals surface area contributed by atoms with E-state index in [2.05, 4.69) is 52.9 Å². The van der Waals surface area contributed by atoms with Crippen LogP contribution in [0.5, 0.6) is 0 Å².